The Hall–Kier alpha value is -0.920. The van der Waals surface area contributed by atoms with E-state index in [0.29, 0.717) is 5.92 Å². The lowest BCUT2D eigenvalue weighted by Gasteiger charge is -2.02. The van der Waals surface area contributed by atoms with Crippen LogP contribution < -0.4 is 0 Å². The Kier molecular flexibility index (Phi) is 1.83. The molecular weight excluding hydrogens is 148 g/mol. The van der Waals surface area contributed by atoms with Crippen molar-refractivity contribution in [1.29, 1.82) is 0 Å². The van der Waals surface area contributed by atoms with Gasteiger partial charge in [-0.1, -0.05) is 6.92 Å². The zero-order valence-electron chi connectivity index (χ0n) is 7.59. The van der Waals surface area contributed by atoms with Crippen molar-refractivity contribution in [3.05, 3.63) is 23.3 Å². The third-order valence-corrected chi connectivity index (χ3v) is 2.30. The van der Waals surface area contributed by atoms with Crippen LogP contribution in [0.15, 0.2) is 0 Å². The van der Waals surface area contributed by atoms with Crippen LogP contribution in [0.5, 0.6) is 0 Å². The summed E-state index contributed by atoms with van der Waals surface area (Å²) in [4.78, 5) is 8.72. The zero-order valence-corrected chi connectivity index (χ0v) is 7.59. The van der Waals surface area contributed by atoms with Crippen molar-refractivity contribution < 1.29 is 0 Å². The van der Waals surface area contributed by atoms with Gasteiger partial charge in [-0.15, -0.1) is 0 Å². The molecule has 63 valence electrons. The molecule has 2 nitrogen and oxygen atoms in total. The molecule has 1 aromatic heterocycles. The quantitative estimate of drug-likeness (QED) is 0.663. The van der Waals surface area contributed by atoms with Crippen molar-refractivity contribution >= 4 is 0 Å². The molecule has 1 aliphatic carbocycles. The summed E-state index contributed by atoms with van der Waals surface area (Å²) in [5.74, 6) is 1.66. The molecule has 0 amide bonds. The Labute approximate surface area is 73.1 Å². The fourth-order valence-corrected chi connectivity index (χ4v) is 1.32. The third kappa shape index (κ3) is 1.33. The summed E-state index contributed by atoms with van der Waals surface area (Å²) in [5, 5.41) is 0. The number of rotatable bonds is 2. The number of nitrogens with zero attached hydrogens (tertiary/aromatic N) is 2. The smallest absolute Gasteiger partial charge is 0.132 e. The number of aromatic nitrogens is 2. The Morgan fingerprint density at radius 3 is 2.83 bits per heavy atom. The van der Waals surface area contributed by atoms with Crippen LogP contribution in [0.25, 0.3) is 0 Å². The minimum absolute atomic E-state index is 0.646. The van der Waals surface area contributed by atoms with Crippen LogP contribution in [-0.4, -0.2) is 9.97 Å². The predicted octanol–water partition coefficient (Wildman–Crippen LogP) is 2.03. The summed E-state index contributed by atoms with van der Waals surface area (Å²) >= 11 is 0. The van der Waals surface area contributed by atoms with Crippen molar-refractivity contribution in [2.24, 2.45) is 0 Å². The third-order valence-electron chi connectivity index (χ3n) is 2.30. The first-order valence-corrected chi connectivity index (χ1v) is 4.56. The summed E-state index contributed by atoms with van der Waals surface area (Å²) in [6.07, 6.45) is 6.55. The van der Waals surface area contributed by atoms with Crippen molar-refractivity contribution in [3.63, 3.8) is 0 Å². The van der Waals surface area contributed by atoms with Crippen LogP contribution in [0.4, 0.5) is 0 Å². The molecule has 12 heavy (non-hydrogen) atoms. The van der Waals surface area contributed by atoms with Crippen LogP contribution in [0.3, 0.4) is 0 Å². The predicted molar refractivity (Wildman–Crippen MR) is 47.0 cm³/mol. The number of hydrogen-bond donors (Lipinski definition) is 0. The van der Waals surface area contributed by atoms with Crippen LogP contribution in [0.1, 0.15) is 42.8 Å². The van der Waals surface area contributed by atoms with Gasteiger partial charge in [0.2, 0.25) is 0 Å². The highest BCUT2D eigenvalue weighted by Gasteiger charge is 2.26. The van der Waals surface area contributed by atoms with Gasteiger partial charge in [0.1, 0.15) is 5.82 Å². The first-order chi connectivity index (χ1) is 5.81. The van der Waals surface area contributed by atoms with Gasteiger partial charge in [-0.2, -0.15) is 0 Å². The maximum absolute atomic E-state index is 4.51. The highest BCUT2D eigenvalue weighted by molar-refractivity contribution is 5.17. The van der Waals surface area contributed by atoms with Gasteiger partial charge in [-0.25, -0.2) is 9.97 Å². The Balaban J connectivity index is 2.33. The van der Waals surface area contributed by atoms with Gasteiger partial charge in [0.25, 0.3) is 0 Å². The summed E-state index contributed by atoms with van der Waals surface area (Å²) in [6, 6.07) is 0. The summed E-state index contributed by atoms with van der Waals surface area (Å²) in [7, 11) is 0. The van der Waals surface area contributed by atoms with Crippen LogP contribution in [-0.2, 0) is 6.42 Å². The standard InChI is InChI=1S/C10H13N2/c1-3-9-7(2)6-11-10(12-9)8-4-5-8/h8H,3-5H2,1-2H3. The number of aryl methyl sites for hydroxylation is 2. The molecule has 2 rings (SSSR count). The Bertz CT molecular complexity index is 290. The highest BCUT2D eigenvalue weighted by Crippen LogP contribution is 2.37. The van der Waals surface area contributed by atoms with E-state index < -0.39 is 0 Å². The molecule has 1 aliphatic rings. The van der Waals surface area contributed by atoms with Crippen molar-refractivity contribution in [2.75, 3.05) is 0 Å². The largest absolute Gasteiger partial charge is 0.237 e. The first kappa shape index (κ1) is 7.71. The molecule has 0 atom stereocenters. The van der Waals surface area contributed by atoms with E-state index in [-0.39, 0.29) is 0 Å². The van der Waals surface area contributed by atoms with Crippen molar-refractivity contribution in [1.82, 2.24) is 9.97 Å². The van der Waals surface area contributed by atoms with Gasteiger partial charge >= 0.3 is 0 Å². The van der Waals surface area contributed by atoms with Crippen LogP contribution in [0, 0.1) is 13.1 Å². The molecule has 0 bridgehead atoms. The van der Waals surface area contributed by atoms with E-state index >= 15 is 0 Å². The average molecular weight is 161 g/mol. The maximum atomic E-state index is 4.51. The second-order valence-electron chi connectivity index (χ2n) is 3.39. The molecule has 1 aromatic rings. The maximum Gasteiger partial charge on any atom is 0.132 e. The molecule has 2 heteroatoms. The van der Waals surface area contributed by atoms with Gasteiger partial charge in [-0.05, 0) is 31.7 Å². The molecule has 1 saturated carbocycles. The summed E-state index contributed by atoms with van der Waals surface area (Å²) in [5.41, 5.74) is 2.26. The van der Waals surface area contributed by atoms with E-state index in [1.54, 1.807) is 0 Å². The zero-order chi connectivity index (χ0) is 8.55. The molecule has 0 spiro atoms. The van der Waals surface area contributed by atoms with E-state index in [1.165, 1.54) is 12.8 Å². The topological polar surface area (TPSA) is 25.8 Å². The van der Waals surface area contributed by atoms with Crippen LogP contribution in [0.2, 0.25) is 0 Å². The van der Waals surface area contributed by atoms with Gasteiger partial charge in [0, 0.05) is 11.6 Å². The molecule has 0 aromatic carbocycles. The number of hydrogen-bond acceptors (Lipinski definition) is 2. The lowest BCUT2D eigenvalue weighted by Crippen LogP contribution is -1.99. The molecule has 1 heterocycles. The fourth-order valence-electron chi connectivity index (χ4n) is 1.32. The lowest BCUT2D eigenvalue weighted by molar-refractivity contribution is 0.860. The van der Waals surface area contributed by atoms with Gasteiger partial charge in [-0.3, -0.25) is 0 Å². The molecule has 1 radical (unpaired) electrons. The highest BCUT2D eigenvalue weighted by atomic mass is 14.9. The molecule has 0 saturated heterocycles. The monoisotopic (exact) mass is 161 g/mol. The van der Waals surface area contributed by atoms with E-state index in [0.717, 1.165) is 23.5 Å². The molecule has 0 aliphatic heterocycles. The SMILES string of the molecule is CCc1nc(C2CC2)n[c]c1C. The van der Waals surface area contributed by atoms with Crippen LogP contribution >= 0.6 is 0 Å². The molecular formula is C10H13N2. The van der Waals surface area contributed by atoms with Gasteiger partial charge in [0.05, 0.1) is 6.20 Å². The van der Waals surface area contributed by atoms with E-state index in [4.69, 9.17) is 0 Å². The van der Waals surface area contributed by atoms with E-state index in [2.05, 4.69) is 23.1 Å². The second-order valence-corrected chi connectivity index (χ2v) is 3.39. The molecule has 0 unspecified atom stereocenters. The molecule has 0 N–H and O–H groups in total. The normalized spacial score (nSPS) is 16.5. The van der Waals surface area contributed by atoms with E-state index in [1.807, 2.05) is 6.92 Å². The Morgan fingerprint density at radius 2 is 2.25 bits per heavy atom. The lowest BCUT2D eigenvalue weighted by atomic mass is 10.2. The molecule has 1 fully saturated rings. The Morgan fingerprint density at radius 1 is 1.50 bits per heavy atom. The van der Waals surface area contributed by atoms with E-state index in [9.17, 15) is 0 Å². The van der Waals surface area contributed by atoms with Crippen molar-refractivity contribution in [2.45, 2.75) is 39.0 Å². The second kappa shape index (κ2) is 2.85. The first-order valence-electron chi connectivity index (χ1n) is 4.56. The minimum Gasteiger partial charge on any atom is -0.237 e. The van der Waals surface area contributed by atoms with Gasteiger partial charge < -0.3 is 0 Å². The van der Waals surface area contributed by atoms with Gasteiger partial charge in [0.15, 0.2) is 0 Å². The minimum atomic E-state index is 0.646. The summed E-state index contributed by atoms with van der Waals surface area (Å²) < 4.78 is 0. The fraction of sp³-hybridized carbons (Fsp3) is 0.600. The average Bonchev–Trinajstić information content (AvgIpc) is 2.88. The summed E-state index contributed by atoms with van der Waals surface area (Å²) in [6.45, 7) is 4.15. The van der Waals surface area contributed by atoms with Crippen molar-refractivity contribution in [3.8, 4) is 0 Å².